The quantitative estimate of drug-likeness (QED) is 0.262. The Morgan fingerprint density at radius 1 is 0.688 bits per heavy atom. The van der Waals surface area contributed by atoms with Crippen LogP contribution in [0.5, 0.6) is 0 Å². The van der Waals surface area contributed by atoms with E-state index in [1.54, 1.807) is 44.5 Å². The molecule has 2 aromatic carbocycles. The minimum atomic E-state index is -2.09. The van der Waals surface area contributed by atoms with Crippen LogP contribution in [0.1, 0.15) is 83.0 Å². The third-order valence-electron chi connectivity index (χ3n) is 7.35. The summed E-state index contributed by atoms with van der Waals surface area (Å²) in [6.07, 6.45) is 4.99. The third-order valence-corrected chi connectivity index (χ3v) is 38.6. The summed E-state index contributed by atoms with van der Waals surface area (Å²) in [5, 5.41) is 0. The van der Waals surface area contributed by atoms with Gasteiger partial charge < -0.3 is 0 Å². The van der Waals surface area contributed by atoms with E-state index in [0.29, 0.717) is 0 Å². The number of halogens is 2. The van der Waals surface area contributed by atoms with Crippen LogP contribution < -0.4 is 0 Å². The molecule has 0 saturated heterocycles. The molecule has 0 saturated carbocycles. The normalized spacial score (nSPS) is 19.0. The van der Waals surface area contributed by atoms with Crippen molar-refractivity contribution in [1.82, 2.24) is 0 Å². The second-order valence-electron chi connectivity index (χ2n) is 9.52. The molecular weight excluding hydrogens is 614 g/mol. The van der Waals surface area contributed by atoms with Crippen LogP contribution in [-0.2, 0) is 20.6 Å². The smallest absolute Gasteiger partial charge is 0.147 e. The van der Waals surface area contributed by atoms with E-state index in [1.807, 2.05) is 0 Å². The first-order valence-corrected chi connectivity index (χ1v) is 25.2. The molecule has 0 aliphatic heterocycles. The van der Waals surface area contributed by atoms with Crippen LogP contribution in [0.3, 0.4) is 0 Å². The van der Waals surface area contributed by atoms with Crippen molar-refractivity contribution in [2.45, 2.75) is 73.8 Å². The summed E-state index contributed by atoms with van der Waals surface area (Å²) in [7, 11) is 0. The molecule has 32 heavy (non-hydrogen) atoms. The van der Waals surface area contributed by atoms with Gasteiger partial charge in [0.1, 0.15) is 0 Å². The molecule has 2 aliphatic carbocycles. The van der Waals surface area contributed by atoms with Gasteiger partial charge in [-0.3, -0.25) is 0 Å². The summed E-state index contributed by atoms with van der Waals surface area (Å²) >= 11 is -2.09. The zero-order valence-corrected chi connectivity index (χ0v) is 26.9. The van der Waals surface area contributed by atoms with Crippen molar-refractivity contribution >= 4 is 41.9 Å². The molecule has 2 aromatic rings. The minimum Gasteiger partial charge on any atom is -0.147 e. The molecule has 2 aliphatic rings. The van der Waals surface area contributed by atoms with Crippen molar-refractivity contribution in [1.29, 1.82) is 0 Å². The zero-order valence-electron chi connectivity index (χ0n) is 20.5. The van der Waals surface area contributed by atoms with Gasteiger partial charge in [0.2, 0.25) is 0 Å². The third kappa shape index (κ3) is 4.72. The molecule has 4 heteroatoms. The fraction of sp³-hybridized carbons (Fsp3) is 0.429. The fourth-order valence-electron chi connectivity index (χ4n) is 6.14. The van der Waals surface area contributed by atoms with E-state index in [9.17, 15) is 0 Å². The first kappa shape index (κ1) is 27.8. The van der Waals surface area contributed by atoms with Crippen molar-refractivity contribution in [3.05, 3.63) is 81.9 Å². The van der Waals surface area contributed by atoms with Gasteiger partial charge in [0.25, 0.3) is 0 Å². The summed E-state index contributed by atoms with van der Waals surface area (Å²) in [6.45, 7) is 15.1. The molecule has 0 amide bonds. The molecule has 2 unspecified atom stereocenters. The molecule has 0 spiro atoms. The number of hydrogen-bond acceptors (Lipinski definition) is 0. The Morgan fingerprint density at radius 2 is 1.06 bits per heavy atom. The van der Waals surface area contributed by atoms with E-state index in [1.165, 1.54) is 25.7 Å². The van der Waals surface area contributed by atoms with Crippen molar-refractivity contribution in [2.75, 3.05) is 0 Å². The van der Waals surface area contributed by atoms with E-state index in [4.69, 9.17) is 0 Å². The second-order valence-corrected chi connectivity index (χ2v) is 37.5. The predicted octanol–water partition coefficient (Wildman–Crippen LogP) is 9.09. The monoisotopic (exact) mass is 653 g/mol. The molecule has 173 valence electrons. The zero-order chi connectivity index (χ0) is 21.4. The molecule has 0 heterocycles. The molecule has 0 N–H and O–H groups in total. The van der Waals surface area contributed by atoms with Crippen molar-refractivity contribution < 1.29 is 20.6 Å². The summed E-state index contributed by atoms with van der Waals surface area (Å²) in [5.41, 5.74) is 13.5. The number of rotatable bonds is 7. The van der Waals surface area contributed by atoms with Crippen LogP contribution in [-0.4, -0.2) is 5.98 Å². The number of fused-ring (bicyclic) bond motifs is 2. The van der Waals surface area contributed by atoms with Gasteiger partial charge in [-0.25, -0.2) is 0 Å². The van der Waals surface area contributed by atoms with Crippen LogP contribution in [0.4, 0.5) is 0 Å². The van der Waals surface area contributed by atoms with E-state index >= 15 is 0 Å². The van der Waals surface area contributed by atoms with Gasteiger partial charge >= 0.3 is 193 Å². The Hall–Kier alpha value is -0.413. The Morgan fingerprint density at radius 3 is 1.41 bits per heavy atom. The first-order valence-electron chi connectivity index (χ1n) is 12.0. The second kappa shape index (κ2) is 11.8. The Labute approximate surface area is 216 Å². The van der Waals surface area contributed by atoms with E-state index in [0.717, 1.165) is 7.35 Å². The topological polar surface area (TPSA) is 0 Å². The Kier molecular flexibility index (Phi) is 10.3. The van der Waals surface area contributed by atoms with Crippen LogP contribution in [0.15, 0.2) is 59.7 Å². The molecule has 0 bridgehead atoms. The van der Waals surface area contributed by atoms with Gasteiger partial charge in [-0.05, 0) is 0 Å². The number of hydrogen-bond donors (Lipinski definition) is 0. The van der Waals surface area contributed by atoms with Crippen molar-refractivity contribution in [3.63, 3.8) is 0 Å². The Balaban J connectivity index is 0.00000181. The molecule has 0 radical (unpaired) electrons. The van der Waals surface area contributed by atoms with Crippen molar-refractivity contribution in [2.24, 2.45) is 0 Å². The molecular formula is C28H39Cl2HfSi. The van der Waals surface area contributed by atoms with E-state index in [2.05, 4.69) is 89.3 Å². The van der Waals surface area contributed by atoms with Gasteiger partial charge in [-0.15, -0.1) is 24.8 Å². The molecule has 0 aromatic heterocycles. The molecule has 2 atom stereocenters. The summed E-state index contributed by atoms with van der Waals surface area (Å²) in [4.78, 5) is 0. The summed E-state index contributed by atoms with van der Waals surface area (Å²) < 4.78 is 1.60. The standard InChI is InChI=1S/2C13H15.C2H7Si.2ClH.Hf/c2*1-3-6-12-10(2)9-11-7-4-5-8-13(11)12;1-3-2;;;/h2*4-5,7-9H,3,6H2,1-2H3;3H,1-2H3;2*1H;. The maximum atomic E-state index is 2.68. The first-order chi connectivity index (χ1) is 14.5. The average molecular weight is 653 g/mol. The summed E-state index contributed by atoms with van der Waals surface area (Å²) in [5.74, 6) is -0.736. The van der Waals surface area contributed by atoms with Crippen molar-refractivity contribution in [3.8, 4) is 0 Å². The molecule has 0 nitrogen and oxygen atoms in total. The van der Waals surface area contributed by atoms with Gasteiger partial charge in [0.15, 0.2) is 0 Å². The number of allylic oxidation sites excluding steroid dienone is 4. The van der Waals surface area contributed by atoms with E-state index in [-0.39, 0.29) is 24.8 Å². The minimum absolute atomic E-state index is 0. The maximum absolute atomic E-state index is 2.68. The SMILES string of the molecule is CCCC1=C(C)[CH]([Hf]([CH]2C(C)=C(CCC)c3ccccc32)[SiH](C)C)c2ccccc21.Cl.Cl. The van der Waals surface area contributed by atoms with Crippen LogP contribution in [0.25, 0.3) is 11.1 Å². The average Bonchev–Trinajstić information content (AvgIpc) is 3.16. The molecule has 0 fully saturated rings. The van der Waals surface area contributed by atoms with Crippen LogP contribution >= 0.6 is 24.8 Å². The summed E-state index contributed by atoms with van der Waals surface area (Å²) in [6, 6.07) is 18.9. The van der Waals surface area contributed by atoms with Gasteiger partial charge in [-0.2, -0.15) is 0 Å². The van der Waals surface area contributed by atoms with Gasteiger partial charge in [0.05, 0.1) is 0 Å². The largest absolute Gasteiger partial charge is 0.147 e. The van der Waals surface area contributed by atoms with Crippen LogP contribution in [0.2, 0.25) is 13.1 Å². The van der Waals surface area contributed by atoms with Gasteiger partial charge in [-0.1, -0.05) is 0 Å². The predicted molar refractivity (Wildman–Crippen MR) is 147 cm³/mol. The Bertz CT molecular complexity index is 930. The maximum Gasteiger partial charge on any atom is -0.147 e. The fourth-order valence-corrected chi connectivity index (χ4v) is 39.3. The van der Waals surface area contributed by atoms with Crippen LogP contribution in [0, 0.1) is 0 Å². The van der Waals surface area contributed by atoms with E-state index < -0.39 is 26.6 Å². The molecule has 4 rings (SSSR count). The number of benzene rings is 2. The van der Waals surface area contributed by atoms with Gasteiger partial charge in [0, 0.05) is 0 Å².